The molecule has 0 amide bonds. The molecule has 0 unspecified atom stereocenters. The molecule has 0 spiro atoms. The number of furan rings is 1. The second kappa shape index (κ2) is 6.35. The van der Waals surface area contributed by atoms with Gasteiger partial charge in [0.05, 0.1) is 25.0 Å². The van der Waals surface area contributed by atoms with E-state index in [1.165, 1.54) is 0 Å². The van der Waals surface area contributed by atoms with Gasteiger partial charge < -0.3 is 13.9 Å². The van der Waals surface area contributed by atoms with E-state index in [1.807, 2.05) is 59.6 Å². The molecule has 27 heavy (non-hydrogen) atoms. The van der Waals surface area contributed by atoms with Gasteiger partial charge in [0.25, 0.3) is 0 Å². The number of hydrogen-bond acceptors (Lipinski definition) is 5. The Labute approximate surface area is 161 Å². The second-order valence-electron chi connectivity index (χ2n) is 6.52. The molecule has 2 aliphatic rings. The Kier molecular flexibility index (Phi) is 3.83. The van der Waals surface area contributed by atoms with Crippen LogP contribution >= 0.6 is 11.6 Å². The summed E-state index contributed by atoms with van der Waals surface area (Å²) in [5, 5.41) is 7.51. The molecule has 5 rings (SSSR count). The lowest BCUT2D eigenvalue weighted by atomic mass is 9.97. The summed E-state index contributed by atoms with van der Waals surface area (Å²) in [6, 6.07) is 17.4. The number of hydrazone groups is 1. The smallest absolute Gasteiger partial charge is 0.217 e. The molecule has 2 aromatic carbocycles. The molecule has 136 valence electrons. The van der Waals surface area contributed by atoms with Gasteiger partial charge in [-0.15, -0.1) is 0 Å². The molecule has 0 fully saturated rings. The van der Waals surface area contributed by atoms with Crippen LogP contribution in [0.1, 0.15) is 35.6 Å². The second-order valence-corrected chi connectivity index (χ2v) is 6.95. The molecule has 3 heterocycles. The van der Waals surface area contributed by atoms with Crippen molar-refractivity contribution in [3.05, 3.63) is 82.8 Å². The summed E-state index contributed by atoms with van der Waals surface area (Å²) in [6.07, 6.45) is 1.98. The number of benzene rings is 2. The largest absolute Gasteiger partial charge is 0.496 e. The molecule has 3 aromatic rings. The maximum absolute atomic E-state index is 6.34. The Morgan fingerprint density at radius 3 is 2.81 bits per heavy atom. The van der Waals surface area contributed by atoms with Crippen LogP contribution < -0.4 is 9.47 Å². The van der Waals surface area contributed by atoms with Gasteiger partial charge in [-0.3, -0.25) is 0 Å². The highest BCUT2D eigenvalue weighted by Gasteiger charge is 2.42. The molecular weight excluding hydrogens is 364 g/mol. The minimum Gasteiger partial charge on any atom is -0.496 e. The molecule has 6 heteroatoms. The van der Waals surface area contributed by atoms with Gasteiger partial charge in [-0.05, 0) is 42.5 Å². The van der Waals surface area contributed by atoms with Crippen molar-refractivity contribution in [2.24, 2.45) is 5.10 Å². The van der Waals surface area contributed by atoms with E-state index in [-0.39, 0.29) is 6.04 Å². The fourth-order valence-corrected chi connectivity index (χ4v) is 3.91. The minimum atomic E-state index is -0.396. The number of methoxy groups -OCH3 is 1. The third kappa shape index (κ3) is 2.66. The van der Waals surface area contributed by atoms with Crippen LogP contribution in [-0.4, -0.2) is 17.8 Å². The van der Waals surface area contributed by atoms with E-state index in [9.17, 15) is 0 Å². The van der Waals surface area contributed by atoms with E-state index in [0.717, 1.165) is 40.5 Å². The summed E-state index contributed by atoms with van der Waals surface area (Å²) in [7, 11) is 1.66. The molecule has 2 atom stereocenters. The Hall–Kier alpha value is -2.92. The standard InChI is InChI=1S/C21H17ClN2O3/c1-25-18-6-3-2-5-14(18)21-24-17(12-16(23-24)20-7-4-10-26-20)15-11-13(22)8-9-19(15)27-21/h2-11,17,21H,12H2,1H3/t17-,21-/m0/s1. The summed E-state index contributed by atoms with van der Waals surface area (Å²) in [5.41, 5.74) is 2.84. The van der Waals surface area contributed by atoms with Crippen molar-refractivity contribution in [2.75, 3.05) is 7.11 Å². The first kappa shape index (κ1) is 16.3. The molecule has 5 nitrogen and oxygen atoms in total. The third-order valence-corrected chi connectivity index (χ3v) is 5.20. The van der Waals surface area contributed by atoms with Crippen LogP contribution in [0.25, 0.3) is 0 Å². The zero-order valence-corrected chi connectivity index (χ0v) is 15.4. The van der Waals surface area contributed by atoms with Crippen molar-refractivity contribution in [3.8, 4) is 11.5 Å². The van der Waals surface area contributed by atoms with Crippen molar-refractivity contribution in [2.45, 2.75) is 18.7 Å². The molecule has 0 bridgehead atoms. The van der Waals surface area contributed by atoms with E-state index in [1.54, 1.807) is 13.4 Å². The van der Waals surface area contributed by atoms with Crippen LogP contribution in [0.5, 0.6) is 11.5 Å². The first-order chi connectivity index (χ1) is 13.2. The fourth-order valence-electron chi connectivity index (χ4n) is 3.73. The molecule has 0 radical (unpaired) electrons. The molecular formula is C21H17ClN2O3. The van der Waals surface area contributed by atoms with Crippen LogP contribution in [0.15, 0.2) is 70.4 Å². The Morgan fingerprint density at radius 1 is 1.11 bits per heavy atom. The summed E-state index contributed by atoms with van der Waals surface area (Å²) < 4.78 is 17.5. The molecule has 0 saturated carbocycles. The number of hydrogen-bond donors (Lipinski definition) is 0. The number of rotatable bonds is 3. The number of para-hydroxylation sites is 1. The van der Waals surface area contributed by atoms with Gasteiger partial charge in [0.2, 0.25) is 6.23 Å². The van der Waals surface area contributed by atoms with Crippen LogP contribution in [0, 0.1) is 0 Å². The molecule has 2 aliphatic heterocycles. The maximum Gasteiger partial charge on any atom is 0.217 e. The summed E-state index contributed by atoms with van der Waals surface area (Å²) in [4.78, 5) is 0. The van der Waals surface area contributed by atoms with Gasteiger partial charge in [0, 0.05) is 17.0 Å². The van der Waals surface area contributed by atoms with Crippen LogP contribution in [-0.2, 0) is 0 Å². The highest BCUT2D eigenvalue weighted by molar-refractivity contribution is 6.30. The average molecular weight is 381 g/mol. The van der Waals surface area contributed by atoms with Gasteiger partial charge >= 0.3 is 0 Å². The lowest BCUT2D eigenvalue weighted by Crippen LogP contribution is -2.33. The first-order valence-electron chi connectivity index (χ1n) is 8.73. The van der Waals surface area contributed by atoms with E-state index >= 15 is 0 Å². The first-order valence-corrected chi connectivity index (χ1v) is 9.11. The van der Waals surface area contributed by atoms with E-state index in [2.05, 4.69) is 0 Å². The summed E-state index contributed by atoms with van der Waals surface area (Å²) >= 11 is 6.25. The Balaban J connectivity index is 1.64. The van der Waals surface area contributed by atoms with Gasteiger partial charge in [0.1, 0.15) is 23.0 Å². The lowest BCUT2D eigenvalue weighted by molar-refractivity contribution is -0.0203. The normalized spacial score (nSPS) is 20.5. The number of fused-ring (bicyclic) bond motifs is 3. The molecule has 0 N–H and O–H groups in total. The molecule has 1 aromatic heterocycles. The SMILES string of the molecule is COc1ccccc1[C@@H]1Oc2ccc(Cl)cc2[C@@H]2CC(c3ccco3)=NN21. The third-order valence-electron chi connectivity index (χ3n) is 4.96. The van der Waals surface area contributed by atoms with Crippen molar-refractivity contribution in [1.29, 1.82) is 0 Å². The number of ether oxygens (including phenoxy) is 2. The summed E-state index contributed by atoms with van der Waals surface area (Å²) in [5.74, 6) is 2.35. The van der Waals surface area contributed by atoms with Crippen molar-refractivity contribution in [1.82, 2.24) is 5.01 Å². The number of halogens is 1. The Bertz CT molecular complexity index is 1020. The highest BCUT2D eigenvalue weighted by Crippen LogP contribution is 2.49. The topological polar surface area (TPSA) is 47.2 Å². The van der Waals surface area contributed by atoms with Crippen LogP contribution in [0.2, 0.25) is 5.02 Å². The number of nitrogens with zero attached hydrogens (tertiary/aromatic N) is 2. The summed E-state index contributed by atoms with van der Waals surface area (Å²) in [6.45, 7) is 0. The van der Waals surface area contributed by atoms with Crippen LogP contribution in [0.4, 0.5) is 0 Å². The van der Waals surface area contributed by atoms with E-state index in [4.69, 9.17) is 30.6 Å². The van der Waals surface area contributed by atoms with Crippen LogP contribution in [0.3, 0.4) is 0 Å². The lowest BCUT2D eigenvalue weighted by Gasteiger charge is -2.38. The van der Waals surface area contributed by atoms with Crippen molar-refractivity contribution >= 4 is 17.3 Å². The minimum absolute atomic E-state index is 0.0162. The predicted octanol–water partition coefficient (Wildman–Crippen LogP) is 5.18. The van der Waals surface area contributed by atoms with E-state index in [0.29, 0.717) is 5.02 Å². The quantitative estimate of drug-likeness (QED) is 0.627. The highest BCUT2D eigenvalue weighted by atomic mass is 35.5. The maximum atomic E-state index is 6.34. The molecule has 0 saturated heterocycles. The van der Waals surface area contributed by atoms with Gasteiger partial charge in [0.15, 0.2) is 0 Å². The van der Waals surface area contributed by atoms with Gasteiger partial charge in [-0.1, -0.05) is 23.7 Å². The average Bonchev–Trinajstić information content (AvgIpc) is 3.37. The van der Waals surface area contributed by atoms with Gasteiger partial charge in [-0.25, -0.2) is 5.01 Å². The van der Waals surface area contributed by atoms with E-state index < -0.39 is 6.23 Å². The Morgan fingerprint density at radius 2 is 2.00 bits per heavy atom. The molecule has 0 aliphatic carbocycles. The van der Waals surface area contributed by atoms with Crippen molar-refractivity contribution in [3.63, 3.8) is 0 Å². The van der Waals surface area contributed by atoms with Crippen molar-refractivity contribution < 1.29 is 13.9 Å². The fraction of sp³-hybridized carbons (Fsp3) is 0.190. The zero-order chi connectivity index (χ0) is 18.4. The monoisotopic (exact) mass is 380 g/mol. The predicted molar refractivity (Wildman–Crippen MR) is 102 cm³/mol. The van der Waals surface area contributed by atoms with Gasteiger partial charge in [-0.2, -0.15) is 5.10 Å². The zero-order valence-electron chi connectivity index (χ0n) is 14.6.